The normalized spacial score (nSPS) is 15.1. The topological polar surface area (TPSA) is 85.5 Å². The van der Waals surface area contributed by atoms with Crippen LogP contribution in [-0.4, -0.2) is 63.9 Å². The van der Waals surface area contributed by atoms with Crippen LogP contribution < -0.4 is 16.0 Å². The van der Waals surface area contributed by atoms with Gasteiger partial charge in [-0.1, -0.05) is 0 Å². The maximum Gasteiger partial charge on any atom is 0.261 e. The van der Waals surface area contributed by atoms with Crippen LogP contribution in [0.25, 0.3) is 10.9 Å². The Labute approximate surface area is 174 Å². The summed E-state index contributed by atoms with van der Waals surface area (Å²) in [4.78, 5) is 37.9. The molecule has 1 aromatic carbocycles. The summed E-state index contributed by atoms with van der Waals surface area (Å²) in [7, 11) is 3.33. The number of ether oxygens (including phenoxy) is 1. The first-order valence-corrected chi connectivity index (χ1v) is 10.0. The maximum atomic E-state index is 12.6. The molecule has 0 radical (unpaired) electrons. The highest BCUT2D eigenvalue weighted by molar-refractivity contribution is 5.81. The highest BCUT2D eigenvalue weighted by Crippen LogP contribution is 2.20. The molecular weight excluding hydrogens is 384 g/mol. The zero-order chi connectivity index (χ0) is 21.1. The second kappa shape index (κ2) is 8.76. The van der Waals surface area contributed by atoms with Gasteiger partial charge in [0.15, 0.2) is 0 Å². The van der Waals surface area contributed by atoms with Gasteiger partial charge < -0.3 is 14.2 Å². The number of anilines is 1. The van der Waals surface area contributed by atoms with Gasteiger partial charge in [0.2, 0.25) is 0 Å². The van der Waals surface area contributed by atoms with Crippen LogP contribution in [0.2, 0.25) is 0 Å². The molecule has 0 atom stereocenters. The Hall–Kier alpha value is -3.04. The van der Waals surface area contributed by atoms with Gasteiger partial charge >= 0.3 is 0 Å². The van der Waals surface area contributed by atoms with E-state index in [0.717, 1.165) is 31.9 Å². The maximum absolute atomic E-state index is 12.6. The van der Waals surface area contributed by atoms with E-state index < -0.39 is 0 Å². The predicted octanol–water partition coefficient (Wildman–Crippen LogP) is 0.459. The van der Waals surface area contributed by atoms with Crippen LogP contribution >= 0.6 is 0 Å². The SMILES string of the molecule is COCCn1cnc2cc(N3CCN(Cc4cncn(C)c4=O)CC3)ccc2c1=O. The minimum absolute atomic E-state index is 0.00388. The minimum Gasteiger partial charge on any atom is -0.383 e. The lowest BCUT2D eigenvalue weighted by Crippen LogP contribution is -2.46. The summed E-state index contributed by atoms with van der Waals surface area (Å²) in [6.45, 7) is 4.95. The van der Waals surface area contributed by atoms with E-state index in [0.29, 0.717) is 36.2 Å². The molecule has 0 saturated carbocycles. The molecule has 1 aliphatic rings. The Bertz CT molecular complexity index is 1150. The monoisotopic (exact) mass is 410 g/mol. The quantitative estimate of drug-likeness (QED) is 0.584. The van der Waals surface area contributed by atoms with E-state index in [9.17, 15) is 9.59 Å². The molecule has 3 heterocycles. The molecule has 0 aliphatic carbocycles. The summed E-state index contributed by atoms with van der Waals surface area (Å²) in [5.74, 6) is 0. The third-order valence-electron chi connectivity index (χ3n) is 5.54. The summed E-state index contributed by atoms with van der Waals surface area (Å²) >= 11 is 0. The lowest BCUT2D eigenvalue weighted by Gasteiger charge is -2.36. The number of rotatable bonds is 6. The fourth-order valence-corrected chi connectivity index (χ4v) is 3.76. The van der Waals surface area contributed by atoms with E-state index in [1.165, 1.54) is 10.9 Å². The average Bonchev–Trinajstić information content (AvgIpc) is 2.77. The van der Waals surface area contributed by atoms with Crippen molar-refractivity contribution in [3.63, 3.8) is 0 Å². The molecule has 0 unspecified atom stereocenters. The van der Waals surface area contributed by atoms with Crippen molar-refractivity contribution in [3.8, 4) is 0 Å². The number of piperazine rings is 1. The number of hydrogen-bond acceptors (Lipinski definition) is 7. The number of aromatic nitrogens is 4. The van der Waals surface area contributed by atoms with Gasteiger partial charge in [0.05, 0.1) is 36.7 Å². The van der Waals surface area contributed by atoms with Crippen LogP contribution in [0.3, 0.4) is 0 Å². The Kier molecular flexibility index (Phi) is 5.91. The molecule has 158 valence electrons. The fraction of sp³-hybridized carbons (Fsp3) is 0.429. The molecule has 3 aromatic rings. The summed E-state index contributed by atoms with van der Waals surface area (Å²) in [5.41, 5.74) is 2.43. The minimum atomic E-state index is -0.0496. The molecule has 1 saturated heterocycles. The van der Waals surface area contributed by atoms with E-state index >= 15 is 0 Å². The van der Waals surface area contributed by atoms with Gasteiger partial charge in [-0.05, 0) is 18.2 Å². The standard InChI is InChI=1S/C21H26N6O3/c1-24-14-22-12-16(20(24)28)13-25-5-7-26(8-6-25)17-3-4-18-19(11-17)23-15-27(21(18)29)9-10-30-2/h3-4,11-12,14-15H,5-10,13H2,1-2H3. The van der Waals surface area contributed by atoms with Gasteiger partial charge in [-0.15, -0.1) is 0 Å². The average molecular weight is 410 g/mol. The van der Waals surface area contributed by atoms with Crippen LogP contribution in [0.15, 0.2) is 46.6 Å². The lowest BCUT2D eigenvalue weighted by atomic mass is 10.2. The highest BCUT2D eigenvalue weighted by atomic mass is 16.5. The molecule has 9 heteroatoms. The molecule has 0 amide bonds. The Morgan fingerprint density at radius 2 is 1.87 bits per heavy atom. The second-order valence-electron chi connectivity index (χ2n) is 7.54. The Morgan fingerprint density at radius 3 is 2.63 bits per heavy atom. The first-order valence-electron chi connectivity index (χ1n) is 10.0. The second-order valence-corrected chi connectivity index (χ2v) is 7.54. The summed E-state index contributed by atoms with van der Waals surface area (Å²) in [5, 5.41) is 0.614. The third kappa shape index (κ3) is 4.12. The summed E-state index contributed by atoms with van der Waals surface area (Å²) < 4.78 is 8.14. The molecule has 0 spiro atoms. The van der Waals surface area contributed by atoms with Crippen molar-refractivity contribution in [2.75, 3.05) is 44.8 Å². The molecule has 1 aliphatic heterocycles. The van der Waals surface area contributed by atoms with Crippen LogP contribution in [0, 0.1) is 0 Å². The zero-order valence-electron chi connectivity index (χ0n) is 17.3. The fourth-order valence-electron chi connectivity index (χ4n) is 3.76. The van der Waals surface area contributed by atoms with Gasteiger partial charge in [0.25, 0.3) is 11.1 Å². The van der Waals surface area contributed by atoms with Crippen molar-refractivity contribution in [3.05, 3.63) is 63.3 Å². The third-order valence-corrected chi connectivity index (χ3v) is 5.54. The molecular formula is C21H26N6O3. The van der Waals surface area contributed by atoms with Crippen molar-refractivity contribution >= 4 is 16.6 Å². The molecule has 0 bridgehead atoms. The van der Waals surface area contributed by atoms with Gasteiger partial charge in [0, 0.05) is 64.3 Å². The van der Waals surface area contributed by atoms with Crippen molar-refractivity contribution in [2.45, 2.75) is 13.1 Å². The van der Waals surface area contributed by atoms with Crippen LogP contribution in [-0.2, 0) is 24.9 Å². The van der Waals surface area contributed by atoms with Crippen LogP contribution in [0.1, 0.15) is 5.56 Å². The number of nitrogens with zero attached hydrogens (tertiary/aromatic N) is 6. The predicted molar refractivity (Wildman–Crippen MR) is 115 cm³/mol. The largest absolute Gasteiger partial charge is 0.383 e. The van der Waals surface area contributed by atoms with E-state index in [1.807, 2.05) is 18.2 Å². The number of hydrogen-bond donors (Lipinski definition) is 0. The molecule has 30 heavy (non-hydrogen) atoms. The van der Waals surface area contributed by atoms with E-state index in [1.54, 1.807) is 31.2 Å². The molecule has 1 fully saturated rings. The van der Waals surface area contributed by atoms with Gasteiger partial charge in [-0.3, -0.25) is 19.1 Å². The lowest BCUT2D eigenvalue weighted by molar-refractivity contribution is 0.186. The Balaban J connectivity index is 1.45. The smallest absolute Gasteiger partial charge is 0.261 e. The summed E-state index contributed by atoms with van der Waals surface area (Å²) in [6.07, 6.45) is 4.77. The number of aryl methyl sites for hydroxylation is 1. The number of methoxy groups -OCH3 is 1. The molecule has 2 aromatic heterocycles. The Morgan fingerprint density at radius 1 is 1.07 bits per heavy atom. The van der Waals surface area contributed by atoms with Crippen molar-refractivity contribution in [1.82, 2.24) is 24.0 Å². The van der Waals surface area contributed by atoms with Crippen LogP contribution in [0.4, 0.5) is 5.69 Å². The van der Waals surface area contributed by atoms with Crippen LogP contribution in [0.5, 0.6) is 0 Å². The molecule has 9 nitrogen and oxygen atoms in total. The van der Waals surface area contributed by atoms with Gasteiger partial charge in [-0.25, -0.2) is 9.97 Å². The van der Waals surface area contributed by atoms with E-state index in [4.69, 9.17) is 4.74 Å². The number of fused-ring (bicyclic) bond motifs is 1. The van der Waals surface area contributed by atoms with E-state index in [-0.39, 0.29) is 11.1 Å². The number of benzene rings is 1. The molecule has 4 rings (SSSR count). The van der Waals surface area contributed by atoms with E-state index in [2.05, 4.69) is 19.8 Å². The first kappa shape index (κ1) is 20.2. The highest BCUT2D eigenvalue weighted by Gasteiger charge is 2.19. The van der Waals surface area contributed by atoms with Gasteiger partial charge in [0.1, 0.15) is 0 Å². The van der Waals surface area contributed by atoms with Crippen molar-refractivity contribution in [2.24, 2.45) is 7.05 Å². The van der Waals surface area contributed by atoms with Gasteiger partial charge in [-0.2, -0.15) is 0 Å². The van der Waals surface area contributed by atoms with Crippen molar-refractivity contribution < 1.29 is 4.74 Å². The molecule has 0 N–H and O–H groups in total. The first-order chi connectivity index (χ1) is 14.6. The summed E-state index contributed by atoms with van der Waals surface area (Å²) in [6, 6.07) is 5.82. The van der Waals surface area contributed by atoms with Crippen molar-refractivity contribution in [1.29, 1.82) is 0 Å². The zero-order valence-corrected chi connectivity index (χ0v) is 17.3.